The van der Waals surface area contributed by atoms with Gasteiger partial charge in [-0.1, -0.05) is 23.2 Å². The van der Waals surface area contributed by atoms with Crippen molar-refractivity contribution in [1.82, 2.24) is 10.2 Å². The fourth-order valence-corrected chi connectivity index (χ4v) is 2.15. The Balaban J connectivity index is 2.52. The summed E-state index contributed by atoms with van der Waals surface area (Å²) in [5.41, 5.74) is 0.316. The predicted octanol–water partition coefficient (Wildman–Crippen LogP) is 2.22. The third-order valence-electron chi connectivity index (χ3n) is 2.74. The SMILES string of the molecule is COCCCNC(=O)CN(C)C(=O)c1ccc(Cl)cc1Cl. The van der Waals surface area contributed by atoms with Crippen molar-refractivity contribution in [2.45, 2.75) is 6.42 Å². The zero-order valence-corrected chi connectivity index (χ0v) is 13.5. The van der Waals surface area contributed by atoms with Crippen LogP contribution in [-0.2, 0) is 9.53 Å². The molecule has 0 aromatic heterocycles. The molecule has 0 radical (unpaired) electrons. The molecule has 0 atom stereocenters. The number of carbonyl (C=O) groups excluding carboxylic acids is 2. The molecule has 0 saturated carbocycles. The van der Waals surface area contributed by atoms with Crippen LogP contribution in [0.2, 0.25) is 10.0 Å². The van der Waals surface area contributed by atoms with E-state index in [4.69, 9.17) is 27.9 Å². The number of likely N-dealkylation sites (N-methyl/N-ethyl adjacent to an activating group) is 1. The molecule has 0 spiro atoms. The van der Waals surface area contributed by atoms with Crippen LogP contribution in [0.5, 0.6) is 0 Å². The van der Waals surface area contributed by atoms with E-state index in [-0.39, 0.29) is 23.4 Å². The number of benzene rings is 1. The number of amides is 2. The molecule has 7 heteroatoms. The second-order valence-electron chi connectivity index (χ2n) is 4.48. The van der Waals surface area contributed by atoms with Crippen molar-refractivity contribution in [2.24, 2.45) is 0 Å². The second kappa shape index (κ2) is 8.87. The Kier molecular flexibility index (Phi) is 7.50. The zero-order chi connectivity index (χ0) is 15.8. The number of nitrogens with zero attached hydrogens (tertiary/aromatic N) is 1. The van der Waals surface area contributed by atoms with E-state index in [0.717, 1.165) is 6.42 Å². The first-order valence-electron chi connectivity index (χ1n) is 6.42. The first-order chi connectivity index (χ1) is 9.95. The Labute approximate surface area is 134 Å². The Hall–Kier alpha value is -1.30. The smallest absolute Gasteiger partial charge is 0.255 e. The molecule has 5 nitrogen and oxygen atoms in total. The number of halogens is 2. The summed E-state index contributed by atoms with van der Waals surface area (Å²) in [6.07, 6.45) is 0.725. The van der Waals surface area contributed by atoms with Crippen molar-refractivity contribution in [1.29, 1.82) is 0 Å². The molecule has 1 rings (SSSR count). The van der Waals surface area contributed by atoms with Gasteiger partial charge in [0.2, 0.25) is 5.91 Å². The van der Waals surface area contributed by atoms with Gasteiger partial charge in [-0.2, -0.15) is 0 Å². The summed E-state index contributed by atoms with van der Waals surface area (Å²) < 4.78 is 4.88. The van der Waals surface area contributed by atoms with Crippen LogP contribution >= 0.6 is 23.2 Å². The molecule has 0 aliphatic carbocycles. The third kappa shape index (κ3) is 5.91. The lowest BCUT2D eigenvalue weighted by Gasteiger charge is -2.17. The average Bonchev–Trinajstić information content (AvgIpc) is 2.43. The van der Waals surface area contributed by atoms with Crippen molar-refractivity contribution in [3.63, 3.8) is 0 Å². The molecule has 0 aliphatic rings. The summed E-state index contributed by atoms with van der Waals surface area (Å²) in [4.78, 5) is 25.2. The molecule has 0 heterocycles. The van der Waals surface area contributed by atoms with E-state index in [9.17, 15) is 9.59 Å². The lowest BCUT2D eigenvalue weighted by molar-refractivity contribution is -0.121. The van der Waals surface area contributed by atoms with Crippen molar-refractivity contribution in [2.75, 3.05) is 33.9 Å². The fraction of sp³-hybridized carbons (Fsp3) is 0.429. The molecule has 0 bridgehead atoms. The molecule has 0 unspecified atom stereocenters. The summed E-state index contributed by atoms with van der Waals surface area (Å²) in [5.74, 6) is -0.559. The van der Waals surface area contributed by atoms with Crippen LogP contribution < -0.4 is 5.32 Å². The van der Waals surface area contributed by atoms with Gasteiger partial charge in [-0.3, -0.25) is 9.59 Å². The van der Waals surface area contributed by atoms with E-state index in [1.165, 1.54) is 11.0 Å². The maximum atomic E-state index is 12.2. The highest BCUT2D eigenvalue weighted by Crippen LogP contribution is 2.21. The summed E-state index contributed by atoms with van der Waals surface area (Å²) >= 11 is 11.8. The second-order valence-corrected chi connectivity index (χ2v) is 5.33. The standard InChI is InChI=1S/C14H18Cl2N2O3/c1-18(9-13(19)17-6-3-7-21-2)14(20)11-5-4-10(15)8-12(11)16/h4-5,8H,3,6-7,9H2,1-2H3,(H,17,19). The van der Waals surface area contributed by atoms with Gasteiger partial charge in [0.05, 0.1) is 17.1 Å². The number of methoxy groups -OCH3 is 1. The van der Waals surface area contributed by atoms with Gasteiger partial charge in [-0.15, -0.1) is 0 Å². The topological polar surface area (TPSA) is 58.6 Å². The number of hydrogen-bond donors (Lipinski definition) is 1. The Morgan fingerprint density at radius 2 is 2.05 bits per heavy atom. The Bertz CT molecular complexity index is 509. The maximum absolute atomic E-state index is 12.2. The first kappa shape index (κ1) is 17.8. The fourth-order valence-electron chi connectivity index (χ4n) is 1.66. The molecule has 0 aliphatic heterocycles. The van der Waals surface area contributed by atoms with Crippen LogP contribution in [0, 0.1) is 0 Å². The number of nitrogens with one attached hydrogen (secondary N) is 1. The molecule has 21 heavy (non-hydrogen) atoms. The molecule has 1 aromatic carbocycles. The monoisotopic (exact) mass is 332 g/mol. The van der Waals surface area contributed by atoms with E-state index >= 15 is 0 Å². The largest absolute Gasteiger partial charge is 0.385 e. The third-order valence-corrected chi connectivity index (χ3v) is 3.28. The average molecular weight is 333 g/mol. The summed E-state index contributed by atoms with van der Waals surface area (Å²) in [5, 5.41) is 3.43. The van der Waals surface area contributed by atoms with Gasteiger partial charge in [-0.25, -0.2) is 0 Å². The first-order valence-corrected chi connectivity index (χ1v) is 7.17. The number of carbonyl (C=O) groups is 2. The summed E-state index contributed by atoms with van der Waals surface area (Å²) in [7, 11) is 3.14. The Morgan fingerprint density at radius 1 is 1.33 bits per heavy atom. The van der Waals surface area contributed by atoms with Crippen LogP contribution in [0.15, 0.2) is 18.2 Å². The van der Waals surface area contributed by atoms with Gasteiger partial charge in [0.1, 0.15) is 0 Å². The van der Waals surface area contributed by atoms with Crippen LogP contribution in [0.3, 0.4) is 0 Å². The minimum atomic E-state index is -0.330. The number of rotatable bonds is 7. The molecular formula is C14H18Cl2N2O3. The lowest BCUT2D eigenvalue weighted by Crippen LogP contribution is -2.38. The zero-order valence-electron chi connectivity index (χ0n) is 12.0. The van der Waals surface area contributed by atoms with Crippen LogP contribution in [-0.4, -0.2) is 50.6 Å². The van der Waals surface area contributed by atoms with E-state index < -0.39 is 0 Å². The quantitative estimate of drug-likeness (QED) is 0.779. The highest BCUT2D eigenvalue weighted by molar-refractivity contribution is 6.36. The van der Waals surface area contributed by atoms with Gasteiger partial charge >= 0.3 is 0 Å². The molecule has 2 amide bonds. The van der Waals surface area contributed by atoms with E-state index in [2.05, 4.69) is 5.32 Å². The van der Waals surface area contributed by atoms with Gasteiger partial charge in [0, 0.05) is 32.3 Å². The molecule has 1 aromatic rings. The van der Waals surface area contributed by atoms with E-state index in [0.29, 0.717) is 23.7 Å². The van der Waals surface area contributed by atoms with E-state index in [1.54, 1.807) is 26.3 Å². The van der Waals surface area contributed by atoms with Crippen LogP contribution in [0.1, 0.15) is 16.8 Å². The predicted molar refractivity (Wildman–Crippen MR) is 82.9 cm³/mol. The number of hydrogen-bond acceptors (Lipinski definition) is 3. The lowest BCUT2D eigenvalue weighted by atomic mass is 10.2. The molecule has 116 valence electrons. The molecular weight excluding hydrogens is 315 g/mol. The van der Waals surface area contributed by atoms with Crippen molar-refractivity contribution < 1.29 is 14.3 Å². The molecule has 0 fully saturated rings. The minimum absolute atomic E-state index is 0.0369. The van der Waals surface area contributed by atoms with Crippen molar-refractivity contribution in [3.8, 4) is 0 Å². The highest BCUT2D eigenvalue weighted by Gasteiger charge is 2.17. The highest BCUT2D eigenvalue weighted by atomic mass is 35.5. The minimum Gasteiger partial charge on any atom is -0.385 e. The van der Waals surface area contributed by atoms with Gasteiger partial charge < -0.3 is 15.0 Å². The molecule has 1 N–H and O–H groups in total. The Morgan fingerprint density at radius 3 is 2.67 bits per heavy atom. The van der Waals surface area contributed by atoms with Gasteiger partial charge in [0.15, 0.2) is 0 Å². The number of ether oxygens (including phenoxy) is 1. The van der Waals surface area contributed by atoms with Crippen molar-refractivity contribution in [3.05, 3.63) is 33.8 Å². The maximum Gasteiger partial charge on any atom is 0.255 e. The molecule has 0 saturated heterocycles. The van der Waals surface area contributed by atoms with E-state index in [1.807, 2.05) is 0 Å². The van der Waals surface area contributed by atoms with Gasteiger partial charge in [-0.05, 0) is 24.6 Å². The normalized spacial score (nSPS) is 10.3. The van der Waals surface area contributed by atoms with Crippen LogP contribution in [0.25, 0.3) is 0 Å². The van der Waals surface area contributed by atoms with Crippen molar-refractivity contribution >= 4 is 35.0 Å². The van der Waals surface area contributed by atoms with Gasteiger partial charge in [0.25, 0.3) is 5.91 Å². The van der Waals surface area contributed by atoms with Crippen LogP contribution in [0.4, 0.5) is 0 Å². The summed E-state index contributed by atoms with van der Waals surface area (Å²) in [6, 6.07) is 4.62. The summed E-state index contributed by atoms with van der Waals surface area (Å²) in [6.45, 7) is 1.05.